The number of unbranched alkanes of at least 4 members (excludes halogenated alkanes) is 27. The van der Waals surface area contributed by atoms with Crippen LogP contribution < -0.4 is 5.32 Å². The summed E-state index contributed by atoms with van der Waals surface area (Å²) in [7, 11) is 0. The molecule has 2 unspecified atom stereocenters. The Hall–Kier alpha value is -1.92. The molecule has 0 aromatic carbocycles. The maximum Gasteiger partial charge on any atom is 0.305 e. The van der Waals surface area contributed by atoms with Gasteiger partial charge in [-0.25, -0.2) is 0 Å². The first-order chi connectivity index (χ1) is 27.5. The zero-order valence-electron chi connectivity index (χ0n) is 37.1. The second kappa shape index (κ2) is 45.8. The summed E-state index contributed by atoms with van der Waals surface area (Å²) in [4.78, 5) is 24.4. The lowest BCUT2D eigenvalue weighted by atomic mass is 10.0. The van der Waals surface area contributed by atoms with Crippen LogP contribution in [0.15, 0.2) is 36.5 Å². The van der Waals surface area contributed by atoms with Crippen LogP contribution in [0.5, 0.6) is 0 Å². The molecule has 3 N–H and O–H groups in total. The quantitative estimate of drug-likeness (QED) is 0.0325. The van der Waals surface area contributed by atoms with Crippen molar-refractivity contribution in [3.8, 4) is 0 Å². The molecule has 0 aliphatic heterocycles. The number of carbonyl (C=O) groups is 2. The smallest absolute Gasteiger partial charge is 0.305 e. The molecule has 56 heavy (non-hydrogen) atoms. The van der Waals surface area contributed by atoms with Gasteiger partial charge in [-0.2, -0.15) is 0 Å². The van der Waals surface area contributed by atoms with Crippen LogP contribution in [0.2, 0.25) is 0 Å². The van der Waals surface area contributed by atoms with Gasteiger partial charge in [-0.05, 0) is 70.6 Å². The summed E-state index contributed by atoms with van der Waals surface area (Å²) in [6, 6.07) is -0.580. The van der Waals surface area contributed by atoms with Crippen molar-refractivity contribution in [2.75, 3.05) is 13.2 Å². The summed E-state index contributed by atoms with van der Waals surface area (Å²) in [6.07, 6.45) is 54.0. The molecule has 0 saturated carbocycles. The van der Waals surface area contributed by atoms with Crippen LogP contribution in [0.4, 0.5) is 0 Å². The molecule has 6 nitrogen and oxygen atoms in total. The van der Waals surface area contributed by atoms with Crippen LogP contribution >= 0.6 is 0 Å². The number of hydrogen-bond donors (Lipinski definition) is 3. The summed E-state index contributed by atoms with van der Waals surface area (Å²) < 4.78 is 5.42. The average Bonchev–Trinajstić information content (AvgIpc) is 3.20. The number of nitrogens with one attached hydrogen (secondary N) is 1. The Kier molecular flexibility index (Phi) is 44.2. The monoisotopic (exact) mass is 788 g/mol. The Morgan fingerprint density at radius 3 is 1.48 bits per heavy atom. The van der Waals surface area contributed by atoms with Gasteiger partial charge < -0.3 is 20.3 Å². The first-order valence-electron chi connectivity index (χ1n) is 24.2. The second-order valence-electron chi connectivity index (χ2n) is 16.4. The van der Waals surface area contributed by atoms with E-state index in [-0.39, 0.29) is 18.5 Å². The molecule has 0 aliphatic rings. The molecule has 0 saturated heterocycles. The molecule has 0 heterocycles. The van der Waals surface area contributed by atoms with Crippen LogP contribution in [-0.2, 0) is 14.3 Å². The summed E-state index contributed by atoms with van der Waals surface area (Å²) in [6.45, 7) is 4.78. The van der Waals surface area contributed by atoms with Crippen LogP contribution in [0.25, 0.3) is 0 Å². The van der Waals surface area contributed by atoms with Crippen molar-refractivity contribution in [3.63, 3.8) is 0 Å². The molecule has 0 rings (SSSR count). The van der Waals surface area contributed by atoms with Crippen molar-refractivity contribution in [1.29, 1.82) is 0 Å². The fraction of sp³-hybridized carbons (Fsp3) is 0.840. The van der Waals surface area contributed by atoms with Gasteiger partial charge in [0.05, 0.1) is 25.4 Å². The molecular weight excluding hydrogens is 695 g/mol. The Labute approximate surface area is 347 Å². The van der Waals surface area contributed by atoms with E-state index in [2.05, 4.69) is 55.6 Å². The number of aliphatic hydroxyl groups is 2. The summed E-state index contributed by atoms with van der Waals surface area (Å²) >= 11 is 0. The lowest BCUT2D eigenvalue weighted by Gasteiger charge is -2.22. The minimum atomic E-state index is -0.696. The molecule has 0 aliphatic carbocycles. The van der Waals surface area contributed by atoms with Crippen LogP contribution in [0.1, 0.15) is 245 Å². The standard InChI is InChI=1S/C50H93NO5/c1-3-5-7-9-11-13-15-17-18-19-20-22-23-26-30-34-38-42-48(53)47(46-52)51-49(54)43-39-35-31-27-25-29-33-37-41-45-56-50(55)44-40-36-32-28-24-21-16-14-12-10-8-6-4-2/h8,10,14,16,27,31,47-48,52-53H,3-7,9,11-13,15,17-26,28-30,32-46H2,1-2H3,(H,51,54)/b10-8-,16-14-,31-27-. The number of ether oxygens (including phenoxy) is 1. The van der Waals surface area contributed by atoms with E-state index in [1.54, 1.807) is 0 Å². The first kappa shape index (κ1) is 54.1. The number of rotatable bonds is 44. The largest absolute Gasteiger partial charge is 0.466 e. The molecule has 0 aromatic heterocycles. The van der Waals surface area contributed by atoms with E-state index in [9.17, 15) is 19.8 Å². The first-order valence-corrected chi connectivity index (χ1v) is 24.2. The zero-order valence-corrected chi connectivity index (χ0v) is 37.1. The summed E-state index contributed by atoms with van der Waals surface area (Å²) in [5.41, 5.74) is 0. The van der Waals surface area contributed by atoms with E-state index in [1.165, 1.54) is 128 Å². The van der Waals surface area contributed by atoms with Gasteiger partial charge in [0.15, 0.2) is 0 Å². The predicted octanol–water partition coefficient (Wildman–Crippen LogP) is 14.1. The van der Waals surface area contributed by atoms with Gasteiger partial charge in [0, 0.05) is 12.8 Å². The second-order valence-corrected chi connectivity index (χ2v) is 16.4. The minimum absolute atomic E-state index is 0.0514. The number of hydrogen-bond acceptors (Lipinski definition) is 5. The molecular formula is C50H93NO5. The highest BCUT2D eigenvalue weighted by atomic mass is 16.5. The highest BCUT2D eigenvalue weighted by Crippen LogP contribution is 2.16. The lowest BCUT2D eigenvalue weighted by Crippen LogP contribution is -2.45. The molecule has 0 bridgehead atoms. The molecule has 0 radical (unpaired) electrons. The van der Waals surface area contributed by atoms with Crippen molar-refractivity contribution in [2.45, 2.75) is 257 Å². The molecule has 2 atom stereocenters. The number of amides is 1. The van der Waals surface area contributed by atoms with Crippen LogP contribution in [-0.4, -0.2) is 47.4 Å². The molecule has 0 aromatic rings. The molecule has 328 valence electrons. The number of esters is 1. The highest BCUT2D eigenvalue weighted by molar-refractivity contribution is 5.76. The maximum atomic E-state index is 12.4. The normalized spacial score (nSPS) is 13.0. The summed E-state index contributed by atoms with van der Waals surface area (Å²) in [5, 5.41) is 23.2. The van der Waals surface area contributed by atoms with Crippen LogP contribution in [0.3, 0.4) is 0 Å². The third-order valence-corrected chi connectivity index (χ3v) is 10.9. The molecule has 1 amide bonds. The van der Waals surface area contributed by atoms with Gasteiger partial charge in [0.1, 0.15) is 0 Å². The molecule has 0 spiro atoms. The minimum Gasteiger partial charge on any atom is -0.466 e. The van der Waals surface area contributed by atoms with Crippen molar-refractivity contribution in [3.05, 3.63) is 36.5 Å². The Bertz CT molecular complexity index is 915. The van der Waals surface area contributed by atoms with Gasteiger partial charge in [-0.1, -0.05) is 198 Å². The Balaban J connectivity index is 3.57. The van der Waals surface area contributed by atoms with E-state index in [1.807, 2.05) is 0 Å². The highest BCUT2D eigenvalue weighted by Gasteiger charge is 2.20. The Morgan fingerprint density at radius 2 is 0.946 bits per heavy atom. The van der Waals surface area contributed by atoms with Gasteiger partial charge >= 0.3 is 5.97 Å². The maximum absolute atomic E-state index is 12.4. The van der Waals surface area contributed by atoms with Crippen molar-refractivity contribution in [1.82, 2.24) is 5.32 Å². The predicted molar refractivity (Wildman–Crippen MR) is 241 cm³/mol. The van der Waals surface area contributed by atoms with Gasteiger partial charge in [0.25, 0.3) is 0 Å². The van der Waals surface area contributed by atoms with Gasteiger partial charge in [0.2, 0.25) is 5.91 Å². The van der Waals surface area contributed by atoms with E-state index >= 15 is 0 Å². The molecule has 6 heteroatoms. The third-order valence-electron chi connectivity index (χ3n) is 10.9. The average molecular weight is 788 g/mol. The fourth-order valence-corrected chi connectivity index (χ4v) is 7.15. The van der Waals surface area contributed by atoms with Crippen molar-refractivity contribution in [2.24, 2.45) is 0 Å². The van der Waals surface area contributed by atoms with Gasteiger partial charge in [-0.3, -0.25) is 9.59 Å². The summed E-state index contributed by atoms with van der Waals surface area (Å²) in [5.74, 6) is -0.148. The number of carbonyl (C=O) groups excluding carboxylic acids is 2. The van der Waals surface area contributed by atoms with E-state index in [4.69, 9.17) is 4.74 Å². The van der Waals surface area contributed by atoms with E-state index in [0.717, 1.165) is 83.5 Å². The topological polar surface area (TPSA) is 95.9 Å². The van der Waals surface area contributed by atoms with Gasteiger partial charge in [-0.15, -0.1) is 0 Å². The number of allylic oxidation sites excluding steroid dienone is 6. The zero-order chi connectivity index (χ0) is 40.8. The van der Waals surface area contributed by atoms with Crippen molar-refractivity contribution < 1.29 is 24.5 Å². The van der Waals surface area contributed by atoms with Crippen molar-refractivity contribution >= 4 is 11.9 Å². The fourth-order valence-electron chi connectivity index (χ4n) is 7.15. The molecule has 0 fully saturated rings. The van der Waals surface area contributed by atoms with E-state index in [0.29, 0.717) is 25.9 Å². The lowest BCUT2D eigenvalue weighted by molar-refractivity contribution is -0.143. The SMILES string of the molecule is CCC/C=C\C/C=C\CCCCCCCC(=O)OCCCCCC/C=C\CCCC(=O)NC(CO)C(O)CCCCCCCCCCCCCCCCCCC. The number of aliphatic hydroxyl groups excluding tert-OH is 2. The Morgan fingerprint density at radius 1 is 0.500 bits per heavy atom. The van der Waals surface area contributed by atoms with E-state index < -0.39 is 12.1 Å². The van der Waals surface area contributed by atoms with Crippen LogP contribution in [0, 0.1) is 0 Å². The third kappa shape index (κ3) is 41.7.